The van der Waals surface area contributed by atoms with Crippen LogP contribution in [0.1, 0.15) is 5.56 Å². The Bertz CT molecular complexity index is 1050. The van der Waals surface area contributed by atoms with Gasteiger partial charge in [-0.05, 0) is 35.4 Å². The van der Waals surface area contributed by atoms with Gasteiger partial charge in [0.05, 0.1) is 11.6 Å². The fourth-order valence-electron chi connectivity index (χ4n) is 2.78. The second-order valence-electron chi connectivity index (χ2n) is 5.55. The number of nitrogen functional groups attached to an aromatic ring is 1. The van der Waals surface area contributed by atoms with Crippen LogP contribution in [0.25, 0.3) is 28.0 Å². The van der Waals surface area contributed by atoms with E-state index in [1.165, 1.54) is 0 Å². The molecule has 4 rings (SSSR count). The highest BCUT2D eigenvalue weighted by molar-refractivity contribution is 5.76. The summed E-state index contributed by atoms with van der Waals surface area (Å²) in [7, 11) is 0. The molecule has 24 heavy (non-hydrogen) atoms. The minimum Gasteiger partial charge on any atom is -0.383 e. The molecule has 0 bridgehead atoms. The van der Waals surface area contributed by atoms with E-state index in [0.29, 0.717) is 11.4 Å². The van der Waals surface area contributed by atoms with Crippen LogP contribution in [0, 0.1) is 11.3 Å². The van der Waals surface area contributed by atoms with E-state index >= 15 is 0 Å². The van der Waals surface area contributed by atoms with Gasteiger partial charge in [-0.25, -0.2) is 4.98 Å². The van der Waals surface area contributed by atoms with Crippen LogP contribution in [0.2, 0.25) is 0 Å². The lowest BCUT2D eigenvalue weighted by Crippen LogP contribution is -1.94. The van der Waals surface area contributed by atoms with Gasteiger partial charge in [0.25, 0.3) is 0 Å². The van der Waals surface area contributed by atoms with Crippen LogP contribution >= 0.6 is 0 Å². The van der Waals surface area contributed by atoms with Crippen LogP contribution in [0.3, 0.4) is 0 Å². The van der Waals surface area contributed by atoms with E-state index in [1.54, 1.807) is 0 Å². The molecule has 0 unspecified atom stereocenters. The predicted molar refractivity (Wildman–Crippen MR) is 95.2 cm³/mol. The zero-order chi connectivity index (χ0) is 16.5. The molecule has 2 N–H and O–H groups in total. The molecule has 0 aliphatic rings. The van der Waals surface area contributed by atoms with Gasteiger partial charge in [0.15, 0.2) is 0 Å². The Morgan fingerprint density at radius 2 is 1.54 bits per heavy atom. The summed E-state index contributed by atoms with van der Waals surface area (Å²) >= 11 is 0. The SMILES string of the molecule is N#Cc1ccc(-c2ccc3nc(-c4ccccc4)c(N)n3c2)cc1. The van der Waals surface area contributed by atoms with Crippen LogP contribution in [0.4, 0.5) is 5.82 Å². The molecule has 2 aromatic heterocycles. The van der Waals surface area contributed by atoms with E-state index < -0.39 is 0 Å². The highest BCUT2D eigenvalue weighted by atomic mass is 15.1. The number of nitrogens with zero attached hydrogens (tertiary/aromatic N) is 3. The zero-order valence-electron chi connectivity index (χ0n) is 12.8. The second-order valence-corrected chi connectivity index (χ2v) is 5.55. The highest BCUT2D eigenvalue weighted by Gasteiger charge is 2.11. The molecule has 4 aromatic rings. The minimum atomic E-state index is 0.617. The summed E-state index contributed by atoms with van der Waals surface area (Å²) in [6, 6.07) is 23.5. The van der Waals surface area contributed by atoms with Crippen molar-refractivity contribution in [2.24, 2.45) is 0 Å². The Kier molecular flexibility index (Phi) is 3.25. The maximum Gasteiger partial charge on any atom is 0.139 e. The summed E-state index contributed by atoms with van der Waals surface area (Å²) in [6.45, 7) is 0. The monoisotopic (exact) mass is 310 g/mol. The van der Waals surface area contributed by atoms with Crippen LogP contribution in [0.5, 0.6) is 0 Å². The largest absolute Gasteiger partial charge is 0.383 e. The van der Waals surface area contributed by atoms with Crippen LogP contribution in [-0.2, 0) is 0 Å². The number of nitriles is 1. The lowest BCUT2D eigenvalue weighted by Gasteiger charge is -2.04. The third-order valence-corrected chi connectivity index (χ3v) is 4.05. The third-order valence-electron chi connectivity index (χ3n) is 4.05. The van der Waals surface area contributed by atoms with E-state index in [1.807, 2.05) is 77.3 Å². The van der Waals surface area contributed by atoms with Gasteiger partial charge in [0.2, 0.25) is 0 Å². The molecule has 0 aliphatic carbocycles. The number of fused-ring (bicyclic) bond motifs is 1. The first kappa shape index (κ1) is 14.0. The molecule has 0 radical (unpaired) electrons. The van der Waals surface area contributed by atoms with Crippen molar-refractivity contribution in [3.63, 3.8) is 0 Å². The molecule has 2 aromatic carbocycles. The maximum absolute atomic E-state index is 8.91. The quantitative estimate of drug-likeness (QED) is 0.605. The number of benzene rings is 2. The molecule has 0 saturated carbocycles. The van der Waals surface area contributed by atoms with Crippen LogP contribution in [-0.4, -0.2) is 9.38 Å². The third kappa shape index (κ3) is 2.29. The van der Waals surface area contributed by atoms with Gasteiger partial charge in [0, 0.05) is 11.8 Å². The Labute approximate surface area is 139 Å². The van der Waals surface area contributed by atoms with Crippen molar-refractivity contribution < 1.29 is 0 Å². The van der Waals surface area contributed by atoms with Crippen molar-refractivity contribution >= 4 is 11.5 Å². The number of hydrogen-bond acceptors (Lipinski definition) is 3. The number of rotatable bonds is 2. The van der Waals surface area contributed by atoms with Gasteiger partial charge in [-0.15, -0.1) is 0 Å². The van der Waals surface area contributed by atoms with Crippen LogP contribution in [0.15, 0.2) is 72.9 Å². The van der Waals surface area contributed by atoms with Crippen molar-refractivity contribution in [3.8, 4) is 28.5 Å². The van der Waals surface area contributed by atoms with E-state index in [0.717, 1.165) is 28.0 Å². The summed E-state index contributed by atoms with van der Waals surface area (Å²) in [5, 5.41) is 8.91. The number of anilines is 1. The maximum atomic E-state index is 8.91. The van der Waals surface area contributed by atoms with E-state index in [9.17, 15) is 0 Å². The molecule has 2 heterocycles. The summed E-state index contributed by atoms with van der Waals surface area (Å²) in [5.41, 5.74) is 11.6. The summed E-state index contributed by atoms with van der Waals surface area (Å²) in [6.07, 6.45) is 1.98. The number of hydrogen-bond donors (Lipinski definition) is 1. The van der Waals surface area contributed by atoms with Crippen LogP contribution < -0.4 is 5.73 Å². The van der Waals surface area contributed by atoms with Gasteiger partial charge >= 0.3 is 0 Å². The Morgan fingerprint density at radius 3 is 2.25 bits per heavy atom. The molecular weight excluding hydrogens is 296 g/mol. The minimum absolute atomic E-state index is 0.617. The molecule has 0 spiro atoms. The molecule has 0 aliphatic heterocycles. The Balaban J connectivity index is 1.83. The lowest BCUT2D eigenvalue weighted by molar-refractivity contribution is 1.20. The van der Waals surface area contributed by atoms with E-state index in [4.69, 9.17) is 11.0 Å². The smallest absolute Gasteiger partial charge is 0.139 e. The molecule has 4 heteroatoms. The summed E-state index contributed by atoms with van der Waals surface area (Å²) in [5.74, 6) is 0.617. The van der Waals surface area contributed by atoms with Gasteiger partial charge in [-0.3, -0.25) is 4.40 Å². The van der Waals surface area contributed by atoms with Crippen molar-refractivity contribution in [2.45, 2.75) is 0 Å². The lowest BCUT2D eigenvalue weighted by atomic mass is 10.1. The van der Waals surface area contributed by atoms with E-state index in [2.05, 4.69) is 11.1 Å². The van der Waals surface area contributed by atoms with Gasteiger partial charge in [0.1, 0.15) is 17.2 Å². The Hall–Kier alpha value is -3.58. The number of nitrogens with two attached hydrogens (primary N) is 1. The zero-order valence-corrected chi connectivity index (χ0v) is 12.8. The van der Waals surface area contributed by atoms with Crippen molar-refractivity contribution in [1.82, 2.24) is 9.38 Å². The van der Waals surface area contributed by atoms with E-state index in [-0.39, 0.29) is 0 Å². The topological polar surface area (TPSA) is 67.1 Å². The summed E-state index contributed by atoms with van der Waals surface area (Å²) < 4.78 is 1.90. The average Bonchev–Trinajstić information content (AvgIpc) is 2.99. The molecule has 4 nitrogen and oxygen atoms in total. The molecule has 0 amide bonds. The summed E-state index contributed by atoms with van der Waals surface area (Å²) in [4.78, 5) is 4.64. The number of aromatic nitrogens is 2. The van der Waals surface area contributed by atoms with Crippen molar-refractivity contribution in [2.75, 3.05) is 5.73 Å². The molecule has 0 fully saturated rings. The molecule has 0 saturated heterocycles. The standard InChI is InChI=1S/C20H14N4/c21-12-14-6-8-15(9-7-14)17-10-11-18-23-19(20(22)24(18)13-17)16-4-2-1-3-5-16/h1-11,13H,22H2. The number of pyridine rings is 1. The first-order valence-electron chi connectivity index (χ1n) is 7.60. The first-order chi connectivity index (χ1) is 11.8. The normalized spacial score (nSPS) is 10.6. The predicted octanol–water partition coefficient (Wildman–Crippen LogP) is 4.12. The fraction of sp³-hybridized carbons (Fsp3) is 0. The van der Waals surface area contributed by atoms with Gasteiger partial charge in [-0.1, -0.05) is 42.5 Å². The highest BCUT2D eigenvalue weighted by Crippen LogP contribution is 2.28. The van der Waals surface area contributed by atoms with Gasteiger partial charge in [-0.2, -0.15) is 5.26 Å². The van der Waals surface area contributed by atoms with Crippen molar-refractivity contribution in [3.05, 3.63) is 78.5 Å². The molecule has 114 valence electrons. The second kappa shape index (κ2) is 5.56. The van der Waals surface area contributed by atoms with Crippen molar-refractivity contribution in [1.29, 1.82) is 5.26 Å². The fourth-order valence-corrected chi connectivity index (χ4v) is 2.78. The average molecular weight is 310 g/mol. The molecular formula is C20H14N4. The first-order valence-corrected chi connectivity index (χ1v) is 7.60. The van der Waals surface area contributed by atoms with Gasteiger partial charge < -0.3 is 5.73 Å². The number of imidazole rings is 1. The molecule has 0 atom stereocenters. The Morgan fingerprint density at radius 1 is 0.833 bits per heavy atom.